The number of rotatable bonds is 6. The molecule has 0 bridgehead atoms. The Morgan fingerprint density at radius 2 is 1.83 bits per heavy atom. The van der Waals surface area contributed by atoms with Gasteiger partial charge in [-0.15, -0.1) is 10.2 Å². The number of carbonyl (C=O) groups excluding carboxylic acids is 2. The minimum Gasteiger partial charge on any atom is -0.333 e. The summed E-state index contributed by atoms with van der Waals surface area (Å²) in [7, 11) is 3.84. The highest BCUT2D eigenvalue weighted by atomic mass is 32.2. The quantitative estimate of drug-likeness (QED) is 0.696. The Morgan fingerprint density at radius 3 is 2.38 bits per heavy atom. The smallest absolute Gasteiger partial charge is 0.321 e. The van der Waals surface area contributed by atoms with Gasteiger partial charge in [0.25, 0.3) is 0 Å². The van der Waals surface area contributed by atoms with E-state index in [0.717, 1.165) is 11.8 Å². The average molecular weight is 423 g/mol. The van der Waals surface area contributed by atoms with E-state index in [4.69, 9.17) is 0 Å². The van der Waals surface area contributed by atoms with Crippen LogP contribution in [0.25, 0.3) is 5.69 Å². The largest absolute Gasteiger partial charge is 0.333 e. The van der Waals surface area contributed by atoms with Gasteiger partial charge in [0.05, 0.1) is 11.8 Å². The molecule has 0 saturated heterocycles. The maximum atomic E-state index is 13.4. The number of nitrogens with one attached hydrogen (secondary N) is 2. The fraction of sp³-hybridized carbons (Fsp3) is 0.474. The molecule has 0 aliphatic carbocycles. The van der Waals surface area contributed by atoms with Crippen molar-refractivity contribution in [3.05, 3.63) is 35.9 Å². The highest BCUT2D eigenvalue weighted by molar-refractivity contribution is 7.99. The van der Waals surface area contributed by atoms with Gasteiger partial charge in [-0.3, -0.25) is 19.6 Å². The fourth-order valence-corrected chi connectivity index (χ4v) is 3.13. The SMILES string of the molecule is C[C@@H](c1nnc(SCC(=O)NC(=O)NC(C)(C)C)n1-c1ccc(F)cc1)N(C)C. The molecule has 2 N–H and O–H groups in total. The average Bonchev–Trinajstić information content (AvgIpc) is 3.02. The van der Waals surface area contributed by atoms with Crippen molar-refractivity contribution in [2.45, 2.75) is 44.4 Å². The summed E-state index contributed by atoms with van der Waals surface area (Å²) in [5.41, 5.74) is 0.241. The van der Waals surface area contributed by atoms with Gasteiger partial charge in [-0.2, -0.15) is 0 Å². The number of nitrogens with zero attached hydrogens (tertiary/aromatic N) is 4. The second-order valence-corrected chi connectivity index (χ2v) is 8.78. The molecule has 3 amide bonds. The summed E-state index contributed by atoms with van der Waals surface area (Å²) < 4.78 is 15.2. The summed E-state index contributed by atoms with van der Waals surface area (Å²) in [5.74, 6) is -0.155. The summed E-state index contributed by atoms with van der Waals surface area (Å²) in [5, 5.41) is 13.9. The molecule has 1 aromatic carbocycles. The van der Waals surface area contributed by atoms with E-state index in [1.54, 1.807) is 16.7 Å². The number of urea groups is 1. The van der Waals surface area contributed by atoms with Crippen molar-refractivity contribution in [3.8, 4) is 5.69 Å². The molecule has 158 valence electrons. The summed E-state index contributed by atoms with van der Waals surface area (Å²) in [6.07, 6.45) is 0. The molecule has 8 nitrogen and oxygen atoms in total. The lowest BCUT2D eigenvalue weighted by Gasteiger charge is -2.21. The number of hydrogen-bond acceptors (Lipinski definition) is 6. The van der Waals surface area contributed by atoms with Crippen molar-refractivity contribution in [1.29, 1.82) is 0 Å². The number of carbonyl (C=O) groups is 2. The van der Waals surface area contributed by atoms with Crippen molar-refractivity contribution in [2.75, 3.05) is 19.8 Å². The molecule has 0 spiro atoms. The number of imide groups is 1. The van der Waals surface area contributed by atoms with Gasteiger partial charge in [-0.05, 0) is 66.1 Å². The summed E-state index contributed by atoms with van der Waals surface area (Å²) in [4.78, 5) is 26.0. The van der Waals surface area contributed by atoms with Crippen LogP contribution in [0.3, 0.4) is 0 Å². The van der Waals surface area contributed by atoms with Crippen LogP contribution in [-0.2, 0) is 4.79 Å². The van der Waals surface area contributed by atoms with E-state index in [-0.39, 0.29) is 17.6 Å². The van der Waals surface area contributed by atoms with Crippen molar-refractivity contribution in [2.24, 2.45) is 0 Å². The third-order valence-corrected chi connectivity index (χ3v) is 4.89. The Hall–Kier alpha value is -2.46. The monoisotopic (exact) mass is 422 g/mol. The third kappa shape index (κ3) is 6.53. The third-order valence-electron chi connectivity index (χ3n) is 3.97. The molecule has 0 radical (unpaired) electrons. The molecule has 2 rings (SSSR count). The van der Waals surface area contributed by atoms with E-state index in [2.05, 4.69) is 20.8 Å². The van der Waals surface area contributed by atoms with Gasteiger partial charge < -0.3 is 5.32 Å². The second kappa shape index (κ2) is 9.36. The molecule has 2 aromatic rings. The molecule has 1 heterocycles. The highest BCUT2D eigenvalue weighted by Gasteiger charge is 2.22. The number of aromatic nitrogens is 3. The first-order chi connectivity index (χ1) is 13.5. The lowest BCUT2D eigenvalue weighted by atomic mass is 10.1. The Morgan fingerprint density at radius 1 is 1.21 bits per heavy atom. The maximum absolute atomic E-state index is 13.4. The maximum Gasteiger partial charge on any atom is 0.321 e. The number of thioether (sulfide) groups is 1. The molecule has 10 heteroatoms. The minimum atomic E-state index is -0.551. The van der Waals surface area contributed by atoms with Gasteiger partial charge >= 0.3 is 6.03 Å². The van der Waals surface area contributed by atoms with Crippen LogP contribution in [0.5, 0.6) is 0 Å². The number of benzene rings is 1. The molecular weight excluding hydrogens is 395 g/mol. The van der Waals surface area contributed by atoms with Crippen LogP contribution in [0.4, 0.5) is 9.18 Å². The topological polar surface area (TPSA) is 92.1 Å². The lowest BCUT2D eigenvalue weighted by molar-refractivity contribution is -0.117. The standard InChI is InChI=1S/C19H27FN6O2S/c1-12(25(5)6)16-23-24-18(26(16)14-9-7-13(20)8-10-14)29-11-15(27)21-17(28)22-19(2,3)4/h7-10,12H,11H2,1-6H3,(H2,21,22,27,28)/t12-/m0/s1. The van der Waals surface area contributed by atoms with Crippen LogP contribution in [0, 0.1) is 5.82 Å². The first kappa shape index (κ1) is 22.8. The molecule has 0 aliphatic heterocycles. The van der Waals surface area contributed by atoms with Crippen LogP contribution in [-0.4, -0.2) is 57.0 Å². The zero-order valence-corrected chi connectivity index (χ0v) is 18.3. The van der Waals surface area contributed by atoms with Gasteiger partial charge in [-0.25, -0.2) is 9.18 Å². The predicted octanol–water partition coefficient (Wildman–Crippen LogP) is 2.75. The molecule has 1 atom stereocenters. The van der Waals surface area contributed by atoms with Gasteiger partial charge in [0, 0.05) is 11.2 Å². The normalized spacial score (nSPS) is 12.7. The predicted molar refractivity (Wildman–Crippen MR) is 111 cm³/mol. The molecular formula is C19H27FN6O2S. The van der Waals surface area contributed by atoms with E-state index in [0.29, 0.717) is 16.7 Å². The first-order valence-electron chi connectivity index (χ1n) is 9.10. The first-order valence-corrected chi connectivity index (χ1v) is 10.1. The minimum absolute atomic E-state index is 0.0206. The lowest BCUT2D eigenvalue weighted by Crippen LogP contribution is -2.48. The van der Waals surface area contributed by atoms with Gasteiger partial charge in [0.15, 0.2) is 11.0 Å². The highest BCUT2D eigenvalue weighted by Crippen LogP contribution is 2.26. The molecule has 29 heavy (non-hydrogen) atoms. The zero-order chi connectivity index (χ0) is 21.8. The van der Waals surface area contributed by atoms with Crippen molar-refractivity contribution in [1.82, 2.24) is 30.3 Å². The molecule has 0 saturated carbocycles. The Labute approximate surface area is 174 Å². The van der Waals surface area contributed by atoms with Crippen LogP contribution in [0.15, 0.2) is 29.4 Å². The van der Waals surface area contributed by atoms with Crippen LogP contribution < -0.4 is 10.6 Å². The van der Waals surface area contributed by atoms with Crippen LogP contribution in [0.2, 0.25) is 0 Å². The van der Waals surface area contributed by atoms with Gasteiger partial charge in [0.1, 0.15) is 5.82 Å². The molecule has 0 fully saturated rings. The number of amides is 3. The summed E-state index contributed by atoms with van der Waals surface area (Å²) >= 11 is 1.15. The Bertz CT molecular complexity index is 861. The Balaban J connectivity index is 2.19. The summed E-state index contributed by atoms with van der Waals surface area (Å²) in [6, 6.07) is 5.37. The van der Waals surface area contributed by atoms with E-state index < -0.39 is 17.5 Å². The van der Waals surface area contributed by atoms with Crippen LogP contribution in [0.1, 0.15) is 39.6 Å². The summed E-state index contributed by atoms with van der Waals surface area (Å²) in [6.45, 7) is 7.45. The van der Waals surface area contributed by atoms with Crippen molar-refractivity contribution < 1.29 is 14.0 Å². The fourth-order valence-electron chi connectivity index (χ4n) is 2.37. The van der Waals surface area contributed by atoms with Gasteiger partial charge in [-0.1, -0.05) is 11.8 Å². The van der Waals surface area contributed by atoms with E-state index in [1.807, 2.05) is 46.7 Å². The number of halogens is 1. The molecule has 0 unspecified atom stereocenters. The van der Waals surface area contributed by atoms with Crippen molar-refractivity contribution in [3.63, 3.8) is 0 Å². The molecule has 1 aromatic heterocycles. The van der Waals surface area contributed by atoms with E-state index in [1.165, 1.54) is 12.1 Å². The zero-order valence-electron chi connectivity index (χ0n) is 17.5. The van der Waals surface area contributed by atoms with E-state index >= 15 is 0 Å². The van der Waals surface area contributed by atoms with Gasteiger partial charge in [0.2, 0.25) is 5.91 Å². The number of hydrogen-bond donors (Lipinski definition) is 2. The Kier molecular flexibility index (Phi) is 7.37. The van der Waals surface area contributed by atoms with Crippen molar-refractivity contribution >= 4 is 23.7 Å². The van der Waals surface area contributed by atoms with Crippen LogP contribution >= 0.6 is 11.8 Å². The second-order valence-electron chi connectivity index (χ2n) is 7.83. The van der Waals surface area contributed by atoms with E-state index in [9.17, 15) is 14.0 Å². The molecule has 0 aliphatic rings.